The fourth-order valence-electron chi connectivity index (χ4n) is 2.48. The van der Waals surface area contributed by atoms with Crippen molar-refractivity contribution in [3.8, 4) is 5.75 Å². The summed E-state index contributed by atoms with van der Waals surface area (Å²) in [6.45, 7) is 3.79. The van der Waals surface area contributed by atoms with Gasteiger partial charge >= 0.3 is 0 Å². The molecule has 0 bridgehead atoms. The van der Waals surface area contributed by atoms with Crippen LogP contribution in [-0.2, 0) is 0 Å². The van der Waals surface area contributed by atoms with E-state index >= 15 is 0 Å². The number of carbonyl (C=O) groups is 1. The van der Waals surface area contributed by atoms with Gasteiger partial charge in [-0.1, -0.05) is 18.2 Å². The predicted molar refractivity (Wildman–Crippen MR) is 104 cm³/mol. The Morgan fingerprint density at radius 1 is 1.00 bits per heavy atom. The lowest BCUT2D eigenvalue weighted by atomic mass is 10.2. The first-order valence-electron chi connectivity index (χ1n) is 8.68. The molecule has 1 heterocycles. The van der Waals surface area contributed by atoms with Crippen molar-refractivity contribution in [1.29, 1.82) is 0 Å². The van der Waals surface area contributed by atoms with Gasteiger partial charge in [0.15, 0.2) is 0 Å². The third-order valence-electron chi connectivity index (χ3n) is 3.73. The van der Waals surface area contributed by atoms with Gasteiger partial charge < -0.3 is 15.4 Å². The van der Waals surface area contributed by atoms with Crippen LogP contribution in [0, 0.1) is 11.6 Å². The van der Waals surface area contributed by atoms with E-state index in [1.165, 1.54) is 24.4 Å². The summed E-state index contributed by atoms with van der Waals surface area (Å²) in [6.07, 6.45) is 1.29. The highest BCUT2D eigenvalue weighted by molar-refractivity contribution is 6.03. The molecule has 5 nitrogen and oxygen atoms in total. The van der Waals surface area contributed by atoms with E-state index in [9.17, 15) is 13.6 Å². The fourth-order valence-corrected chi connectivity index (χ4v) is 2.48. The van der Waals surface area contributed by atoms with Gasteiger partial charge in [0.25, 0.3) is 5.91 Å². The van der Waals surface area contributed by atoms with Crippen LogP contribution in [0.15, 0.2) is 60.8 Å². The van der Waals surface area contributed by atoms with Crippen LogP contribution in [0.25, 0.3) is 0 Å². The topological polar surface area (TPSA) is 63.2 Å². The number of aromatic nitrogens is 1. The number of nitrogens with one attached hydrogen (secondary N) is 2. The average molecular weight is 383 g/mol. The summed E-state index contributed by atoms with van der Waals surface area (Å²) >= 11 is 0. The van der Waals surface area contributed by atoms with Gasteiger partial charge in [0, 0.05) is 0 Å². The third-order valence-corrected chi connectivity index (χ3v) is 3.73. The summed E-state index contributed by atoms with van der Waals surface area (Å²) in [5.74, 6) is -1.31. The molecule has 0 radical (unpaired) electrons. The lowest BCUT2D eigenvalue weighted by molar-refractivity contribution is 0.102. The Morgan fingerprint density at radius 3 is 2.36 bits per heavy atom. The van der Waals surface area contributed by atoms with Crippen LogP contribution < -0.4 is 15.4 Å². The number of pyridine rings is 1. The maximum Gasteiger partial charge on any atom is 0.274 e. The highest BCUT2D eigenvalue weighted by Crippen LogP contribution is 2.26. The number of halogens is 2. The van der Waals surface area contributed by atoms with Crippen molar-refractivity contribution >= 4 is 23.0 Å². The van der Waals surface area contributed by atoms with Gasteiger partial charge in [0.05, 0.1) is 23.7 Å². The molecule has 7 heteroatoms. The van der Waals surface area contributed by atoms with Crippen molar-refractivity contribution in [1.82, 2.24) is 4.98 Å². The van der Waals surface area contributed by atoms with Crippen LogP contribution in [-0.4, -0.2) is 17.0 Å². The summed E-state index contributed by atoms with van der Waals surface area (Å²) < 4.78 is 33.1. The predicted octanol–water partition coefficient (Wildman–Crippen LogP) is 5.14. The first kappa shape index (κ1) is 19.3. The Balaban J connectivity index is 1.73. The molecule has 2 N–H and O–H groups in total. The number of amides is 1. The number of carbonyl (C=O) groups excluding carboxylic acids is 1. The van der Waals surface area contributed by atoms with Crippen molar-refractivity contribution in [3.05, 3.63) is 78.1 Å². The molecule has 0 saturated carbocycles. The number of hydrogen-bond donors (Lipinski definition) is 2. The van der Waals surface area contributed by atoms with Gasteiger partial charge in [-0.25, -0.2) is 13.8 Å². The van der Waals surface area contributed by atoms with Crippen LogP contribution in [0.4, 0.5) is 25.8 Å². The van der Waals surface area contributed by atoms with E-state index in [2.05, 4.69) is 15.6 Å². The lowest BCUT2D eigenvalue weighted by Crippen LogP contribution is -2.15. The standard InChI is InChI=1S/C21H19F2N3O2/c1-13(2)28-19-9-4-3-8-17(19)26-21(27)18-11-10-14(12-24-18)25-20-15(22)6-5-7-16(20)23/h3-13,25H,1-2H3,(H,26,27). The summed E-state index contributed by atoms with van der Waals surface area (Å²) in [5, 5.41) is 5.38. The van der Waals surface area contributed by atoms with Crippen LogP contribution in [0.3, 0.4) is 0 Å². The van der Waals surface area contributed by atoms with Crippen molar-refractivity contribution in [2.45, 2.75) is 20.0 Å². The molecule has 0 atom stereocenters. The van der Waals surface area contributed by atoms with E-state index in [1.807, 2.05) is 19.9 Å². The Morgan fingerprint density at radius 2 is 1.71 bits per heavy atom. The second-order valence-corrected chi connectivity index (χ2v) is 6.27. The molecule has 28 heavy (non-hydrogen) atoms. The Labute approximate surface area is 161 Å². The zero-order valence-electron chi connectivity index (χ0n) is 15.4. The van der Waals surface area contributed by atoms with E-state index in [0.717, 1.165) is 12.1 Å². The van der Waals surface area contributed by atoms with Gasteiger partial charge in [0.1, 0.15) is 28.8 Å². The van der Waals surface area contributed by atoms with E-state index in [4.69, 9.17) is 4.74 Å². The number of rotatable bonds is 6. The van der Waals surface area contributed by atoms with E-state index in [1.54, 1.807) is 18.2 Å². The van der Waals surface area contributed by atoms with Gasteiger partial charge in [-0.3, -0.25) is 4.79 Å². The molecule has 1 aromatic heterocycles. The molecule has 3 rings (SSSR count). The SMILES string of the molecule is CC(C)Oc1ccccc1NC(=O)c1ccc(Nc2c(F)cccc2F)cn1. The average Bonchev–Trinajstić information content (AvgIpc) is 2.66. The minimum atomic E-state index is -0.719. The molecule has 0 aliphatic heterocycles. The lowest BCUT2D eigenvalue weighted by Gasteiger charge is -2.14. The van der Waals surface area contributed by atoms with Gasteiger partial charge in [-0.15, -0.1) is 0 Å². The molecule has 144 valence electrons. The van der Waals surface area contributed by atoms with Crippen LogP contribution in [0.5, 0.6) is 5.75 Å². The molecule has 0 unspecified atom stereocenters. The molecule has 0 spiro atoms. The highest BCUT2D eigenvalue weighted by atomic mass is 19.1. The van der Waals surface area contributed by atoms with Crippen molar-refractivity contribution in [2.24, 2.45) is 0 Å². The van der Waals surface area contributed by atoms with E-state index in [-0.39, 0.29) is 17.5 Å². The Kier molecular flexibility index (Phi) is 5.84. The van der Waals surface area contributed by atoms with Gasteiger partial charge in [-0.05, 0) is 50.2 Å². The summed E-state index contributed by atoms with van der Waals surface area (Å²) in [4.78, 5) is 16.5. The third kappa shape index (κ3) is 4.62. The van der Waals surface area contributed by atoms with Gasteiger partial charge in [-0.2, -0.15) is 0 Å². The smallest absolute Gasteiger partial charge is 0.274 e. The van der Waals surface area contributed by atoms with Crippen LogP contribution in [0.1, 0.15) is 24.3 Å². The molecule has 2 aromatic carbocycles. The second kappa shape index (κ2) is 8.47. The first-order chi connectivity index (χ1) is 13.4. The monoisotopic (exact) mass is 383 g/mol. The van der Waals surface area contributed by atoms with Crippen molar-refractivity contribution in [3.63, 3.8) is 0 Å². The van der Waals surface area contributed by atoms with Crippen LogP contribution in [0.2, 0.25) is 0 Å². The summed E-state index contributed by atoms with van der Waals surface area (Å²) in [6, 6.07) is 13.6. The number of hydrogen-bond acceptors (Lipinski definition) is 4. The Hall–Kier alpha value is -3.48. The van der Waals surface area contributed by atoms with Gasteiger partial charge in [0.2, 0.25) is 0 Å². The number of para-hydroxylation sites is 3. The maximum atomic E-state index is 13.7. The van der Waals surface area contributed by atoms with Crippen LogP contribution >= 0.6 is 0 Å². The molecule has 3 aromatic rings. The summed E-state index contributed by atoms with van der Waals surface area (Å²) in [5.41, 5.74) is 0.753. The number of ether oxygens (including phenoxy) is 1. The molecule has 0 aliphatic carbocycles. The Bertz CT molecular complexity index is 955. The molecule has 0 fully saturated rings. The first-order valence-corrected chi connectivity index (χ1v) is 8.68. The minimum Gasteiger partial charge on any atom is -0.489 e. The zero-order chi connectivity index (χ0) is 20.1. The second-order valence-electron chi connectivity index (χ2n) is 6.27. The largest absolute Gasteiger partial charge is 0.489 e. The molecule has 0 aliphatic rings. The minimum absolute atomic E-state index is 0.0414. The quantitative estimate of drug-likeness (QED) is 0.618. The zero-order valence-corrected chi connectivity index (χ0v) is 15.4. The molecule has 0 saturated heterocycles. The van der Waals surface area contributed by atoms with Crippen molar-refractivity contribution in [2.75, 3.05) is 10.6 Å². The summed E-state index contributed by atoms with van der Waals surface area (Å²) in [7, 11) is 0. The molecular formula is C21H19F2N3O2. The molecule has 1 amide bonds. The van der Waals surface area contributed by atoms with E-state index in [0.29, 0.717) is 17.1 Å². The highest BCUT2D eigenvalue weighted by Gasteiger charge is 2.13. The number of nitrogens with zero attached hydrogens (tertiary/aromatic N) is 1. The fraction of sp³-hybridized carbons (Fsp3) is 0.143. The maximum absolute atomic E-state index is 13.7. The normalized spacial score (nSPS) is 10.6. The van der Waals surface area contributed by atoms with E-state index < -0.39 is 17.5 Å². The van der Waals surface area contributed by atoms with Crippen molar-refractivity contribution < 1.29 is 18.3 Å². The molecular weight excluding hydrogens is 364 g/mol. The number of anilines is 3. The number of benzene rings is 2.